The van der Waals surface area contributed by atoms with Crippen LogP contribution in [0.15, 0.2) is 30.3 Å². The lowest BCUT2D eigenvalue weighted by molar-refractivity contribution is 0.223. The number of benzene rings is 1. The molecule has 0 unspecified atom stereocenters. The van der Waals surface area contributed by atoms with E-state index >= 15 is 0 Å². The van der Waals surface area contributed by atoms with Gasteiger partial charge in [0.05, 0.1) is 0 Å². The van der Waals surface area contributed by atoms with Gasteiger partial charge in [-0.05, 0) is 35.9 Å². The minimum atomic E-state index is 0.640. The van der Waals surface area contributed by atoms with Gasteiger partial charge >= 0.3 is 0 Å². The van der Waals surface area contributed by atoms with Crippen LogP contribution in [0, 0.1) is 0 Å². The summed E-state index contributed by atoms with van der Waals surface area (Å²) in [5.41, 5.74) is 1.11. The normalized spacial score (nSPS) is 15.8. The number of rotatable bonds is 5. The van der Waals surface area contributed by atoms with E-state index in [1.807, 2.05) is 24.3 Å². The highest BCUT2D eigenvalue weighted by Crippen LogP contribution is 2.18. The summed E-state index contributed by atoms with van der Waals surface area (Å²) in [4.78, 5) is 2.32. The van der Waals surface area contributed by atoms with E-state index in [0.29, 0.717) is 17.5 Å². The van der Waals surface area contributed by atoms with Crippen LogP contribution in [-0.4, -0.2) is 51.8 Å². The third-order valence-electron chi connectivity index (χ3n) is 3.35. The van der Waals surface area contributed by atoms with E-state index < -0.39 is 0 Å². The first kappa shape index (κ1) is 14.0. The van der Waals surface area contributed by atoms with Crippen molar-refractivity contribution in [2.24, 2.45) is 0 Å². The zero-order valence-corrected chi connectivity index (χ0v) is 12.3. The number of hydrogen-bond donors (Lipinski definition) is 1. The number of tetrazole rings is 1. The second kappa shape index (κ2) is 6.69. The molecule has 3 rings (SSSR count). The Morgan fingerprint density at radius 2 is 2.14 bits per heavy atom. The van der Waals surface area contributed by atoms with Gasteiger partial charge in [0.1, 0.15) is 12.4 Å². The van der Waals surface area contributed by atoms with E-state index in [9.17, 15) is 0 Å². The van der Waals surface area contributed by atoms with Gasteiger partial charge in [0, 0.05) is 30.2 Å². The van der Waals surface area contributed by atoms with E-state index in [-0.39, 0.29) is 0 Å². The van der Waals surface area contributed by atoms with E-state index in [4.69, 9.17) is 16.3 Å². The molecule has 1 aliphatic heterocycles. The number of aromatic nitrogens is 4. The summed E-state index contributed by atoms with van der Waals surface area (Å²) in [5, 5.41) is 14.9. The number of aromatic amines is 1. The van der Waals surface area contributed by atoms with Crippen molar-refractivity contribution in [3.05, 3.63) is 41.2 Å². The van der Waals surface area contributed by atoms with Gasteiger partial charge < -0.3 is 4.74 Å². The maximum Gasteiger partial charge on any atom is 0.201 e. The van der Waals surface area contributed by atoms with E-state index in [0.717, 1.165) is 37.4 Å². The topological polar surface area (TPSA) is 66.9 Å². The van der Waals surface area contributed by atoms with Gasteiger partial charge in [-0.1, -0.05) is 17.7 Å². The molecule has 1 aromatic carbocycles. The standard InChI is InChI=1S/C14H16ClN5O/c15-12-3-5-13(6-4-12)21-9-8-20-7-1-2-11(10-20)14-16-18-19-17-14/h2-6H,1,7-10H2,(H,16,17,18,19). The number of hydrogen-bond acceptors (Lipinski definition) is 5. The predicted octanol–water partition coefficient (Wildman–Crippen LogP) is 2.02. The number of ether oxygens (including phenoxy) is 1. The summed E-state index contributed by atoms with van der Waals surface area (Å²) < 4.78 is 5.72. The summed E-state index contributed by atoms with van der Waals surface area (Å²) in [6, 6.07) is 7.41. The van der Waals surface area contributed by atoms with Crippen LogP contribution in [0.2, 0.25) is 5.02 Å². The first-order chi connectivity index (χ1) is 10.3. The smallest absolute Gasteiger partial charge is 0.201 e. The minimum Gasteiger partial charge on any atom is -0.492 e. The first-order valence-electron chi connectivity index (χ1n) is 6.85. The molecule has 1 aliphatic rings. The van der Waals surface area contributed by atoms with Crippen LogP contribution in [-0.2, 0) is 0 Å². The van der Waals surface area contributed by atoms with Crippen LogP contribution in [0.4, 0.5) is 0 Å². The Bertz CT molecular complexity index is 596. The second-order valence-electron chi connectivity index (χ2n) is 4.83. The second-order valence-corrected chi connectivity index (χ2v) is 5.27. The molecule has 0 radical (unpaired) electrons. The van der Waals surface area contributed by atoms with Crippen molar-refractivity contribution < 1.29 is 4.74 Å². The third kappa shape index (κ3) is 3.80. The fourth-order valence-corrected chi connectivity index (χ4v) is 2.41. The van der Waals surface area contributed by atoms with Crippen LogP contribution in [0.1, 0.15) is 12.2 Å². The van der Waals surface area contributed by atoms with Crippen molar-refractivity contribution in [2.45, 2.75) is 6.42 Å². The highest BCUT2D eigenvalue weighted by molar-refractivity contribution is 6.30. The quantitative estimate of drug-likeness (QED) is 0.915. The van der Waals surface area contributed by atoms with Gasteiger partial charge in [0.2, 0.25) is 5.82 Å². The molecule has 0 saturated carbocycles. The fourth-order valence-electron chi connectivity index (χ4n) is 2.28. The maximum atomic E-state index is 5.84. The van der Waals surface area contributed by atoms with Gasteiger partial charge in [-0.15, -0.1) is 10.2 Å². The molecule has 0 fully saturated rings. The molecule has 0 amide bonds. The van der Waals surface area contributed by atoms with Gasteiger partial charge in [0.25, 0.3) is 0 Å². The maximum absolute atomic E-state index is 5.84. The van der Waals surface area contributed by atoms with E-state index in [1.165, 1.54) is 0 Å². The molecule has 0 bridgehead atoms. The molecule has 110 valence electrons. The predicted molar refractivity (Wildman–Crippen MR) is 80.2 cm³/mol. The van der Waals surface area contributed by atoms with Gasteiger partial charge in [-0.2, -0.15) is 5.21 Å². The summed E-state index contributed by atoms with van der Waals surface area (Å²) >= 11 is 5.84. The Labute approximate surface area is 127 Å². The van der Waals surface area contributed by atoms with Crippen LogP contribution in [0.25, 0.3) is 5.57 Å². The monoisotopic (exact) mass is 305 g/mol. The van der Waals surface area contributed by atoms with Crippen LogP contribution in [0.5, 0.6) is 5.75 Å². The molecule has 2 heterocycles. The Morgan fingerprint density at radius 3 is 2.90 bits per heavy atom. The van der Waals surface area contributed by atoms with Crippen LogP contribution in [0.3, 0.4) is 0 Å². The minimum absolute atomic E-state index is 0.640. The van der Waals surface area contributed by atoms with Crippen molar-refractivity contribution in [1.82, 2.24) is 25.5 Å². The lowest BCUT2D eigenvalue weighted by atomic mass is 10.1. The Hall–Kier alpha value is -1.92. The Balaban J connectivity index is 1.48. The molecule has 0 aliphatic carbocycles. The van der Waals surface area contributed by atoms with Gasteiger partial charge in [-0.3, -0.25) is 4.90 Å². The number of H-pyrrole nitrogens is 1. The molecule has 2 aromatic rings. The van der Waals surface area contributed by atoms with Crippen molar-refractivity contribution in [3.8, 4) is 5.75 Å². The van der Waals surface area contributed by atoms with Crippen LogP contribution < -0.4 is 4.74 Å². The number of nitrogens with zero attached hydrogens (tertiary/aromatic N) is 4. The molecular weight excluding hydrogens is 290 g/mol. The Kier molecular flexibility index (Phi) is 4.47. The highest BCUT2D eigenvalue weighted by Gasteiger charge is 2.16. The van der Waals surface area contributed by atoms with Crippen molar-refractivity contribution >= 4 is 17.2 Å². The molecule has 0 saturated heterocycles. The first-order valence-corrected chi connectivity index (χ1v) is 7.22. The lowest BCUT2D eigenvalue weighted by Gasteiger charge is -2.25. The van der Waals surface area contributed by atoms with Crippen molar-refractivity contribution in [2.75, 3.05) is 26.2 Å². The van der Waals surface area contributed by atoms with Crippen molar-refractivity contribution in [3.63, 3.8) is 0 Å². The van der Waals surface area contributed by atoms with Gasteiger partial charge in [0.15, 0.2) is 0 Å². The number of nitrogens with one attached hydrogen (secondary N) is 1. The summed E-state index contributed by atoms with van der Waals surface area (Å²) in [5.74, 6) is 1.52. The molecule has 0 spiro atoms. The van der Waals surface area contributed by atoms with Crippen molar-refractivity contribution in [1.29, 1.82) is 0 Å². The molecule has 21 heavy (non-hydrogen) atoms. The summed E-state index contributed by atoms with van der Waals surface area (Å²) in [7, 11) is 0. The molecule has 6 nitrogen and oxygen atoms in total. The fraction of sp³-hybridized carbons (Fsp3) is 0.357. The summed E-state index contributed by atoms with van der Waals surface area (Å²) in [6.45, 7) is 3.34. The molecule has 7 heteroatoms. The van der Waals surface area contributed by atoms with Gasteiger partial charge in [-0.25, -0.2) is 0 Å². The average Bonchev–Trinajstić information content (AvgIpc) is 3.04. The van der Waals surface area contributed by atoms with E-state index in [1.54, 1.807) is 0 Å². The van der Waals surface area contributed by atoms with E-state index in [2.05, 4.69) is 31.6 Å². The lowest BCUT2D eigenvalue weighted by Crippen LogP contribution is -2.33. The average molecular weight is 306 g/mol. The summed E-state index contributed by atoms with van der Waals surface area (Å²) in [6.07, 6.45) is 3.16. The molecule has 1 N–H and O–H groups in total. The molecule has 1 aromatic heterocycles. The zero-order chi connectivity index (χ0) is 14.5. The number of halogens is 1. The third-order valence-corrected chi connectivity index (χ3v) is 3.60. The largest absolute Gasteiger partial charge is 0.492 e. The highest BCUT2D eigenvalue weighted by atomic mass is 35.5. The molecule has 0 atom stereocenters. The molecular formula is C14H16ClN5O. The SMILES string of the molecule is Clc1ccc(OCCN2CCC=C(c3nn[nH]n3)C2)cc1. The van der Waals surface area contributed by atoms with Crippen LogP contribution >= 0.6 is 11.6 Å². The Morgan fingerprint density at radius 1 is 1.29 bits per heavy atom. The zero-order valence-electron chi connectivity index (χ0n) is 11.5.